The van der Waals surface area contributed by atoms with Crippen molar-refractivity contribution in [3.63, 3.8) is 0 Å². The highest BCUT2D eigenvalue weighted by atomic mass is 16.8. The Balaban J connectivity index is 1.87. The van der Waals surface area contributed by atoms with Crippen LogP contribution >= 0.6 is 0 Å². The molecule has 10 heteroatoms. The van der Waals surface area contributed by atoms with Crippen LogP contribution in [0.1, 0.15) is 0 Å². The van der Waals surface area contributed by atoms with Gasteiger partial charge in [0.2, 0.25) is 5.79 Å². The summed E-state index contributed by atoms with van der Waals surface area (Å²) in [5.41, 5.74) is -1.49. The first kappa shape index (κ1) is 17.4. The molecule has 3 rings (SSSR count). The molecular formula is C13H22O10. The lowest BCUT2D eigenvalue weighted by molar-refractivity contribution is -0.305. The summed E-state index contributed by atoms with van der Waals surface area (Å²) < 4.78 is 22.0. The van der Waals surface area contributed by atoms with E-state index < -0.39 is 67.8 Å². The van der Waals surface area contributed by atoms with Crippen LogP contribution in [0.3, 0.4) is 0 Å². The molecule has 8 unspecified atom stereocenters. The minimum atomic E-state index is -1.82. The van der Waals surface area contributed by atoms with Gasteiger partial charge < -0.3 is 49.6 Å². The lowest BCUT2D eigenvalue weighted by Crippen LogP contribution is -2.59. The maximum atomic E-state index is 10.3. The van der Waals surface area contributed by atoms with Gasteiger partial charge in [-0.1, -0.05) is 0 Å². The third-order valence-corrected chi connectivity index (χ3v) is 4.77. The molecule has 23 heavy (non-hydrogen) atoms. The number of aliphatic hydroxyl groups is 6. The van der Waals surface area contributed by atoms with Crippen LogP contribution in [0.5, 0.6) is 0 Å². The zero-order valence-corrected chi connectivity index (χ0v) is 12.3. The van der Waals surface area contributed by atoms with Gasteiger partial charge >= 0.3 is 0 Å². The van der Waals surface area contributed by atoms with Gasteiger partial charge in [-0.2, -0.15) is 0 Å². The summed E-state index contributed by atoms with van der Waals surface area (Å²) in [4.78, 5) is 0. The molecule has 0 aromatic rings. The number of hydrogen-bond donors (Lipinski definition) is 6. The Hall–Kier alpha value is -0.400. The van der Waals surface area contributed by atoms with Gasteiger partial charge in [-0.3, -0.25) is 0 Å². The van der Waals surface area contributed by atoms with E-state index in [-0.39, 0.29) is 13.2 Å². The maximum Gasteiger partial charge on any atom is 0.221 e. The fourth-order valence-electron chi connectivity index (χ4n) is 3.34. The van der Waals surface area contributed by atoms with Crippen LogP contribution < -0.4 is 0 Å². The average Bonchev–Trinajstić information content (AvgIpc) is 3.00. The van der Waals surface area contributed by atoms with Crippen molar-refractivity contribution < 1.29 is 49.6 Å². The second kappa shape index (κ2) is 6.15. The predicted octanol–water partition coefficient (Wildman–Crippen LogP) is -4.31. The lowest BCUT2D eigenvalue weighted by Gasteiger charge is -2.39. The predicted molar refractivity (Wildman–Crippen MR) is 70.2 cm³/mol. The Morgan fingerprint density at radius 1 is 0.870 bits per heavy atom. The molecule has 3 saturated heterocycles. The first-order valence-electron chi connectivity index (χ1n) is 7.41. The number of rotatable bonds is 3. The van der Waals surface area contributed by atoms with Crippen molar-refractivity contribution in [2.45, 2.75) is 48.0 Å². The van der Waals surface area contributed by atoms with Gasteiger partial charge in [0, 0.05) is 0 Å². The molecule has 0 amide bonds. The Morgan fingerprint density at radius 2 is 1.57 bits per heavy atom. The Morgan fingerprint density at radius 3 is 2.13 bits per heavy atom. The molecule has 0 saturated carbocycles. The molecule has 3 heterocycles. The highest BCUT2D eigenvalue weighted by Gasteiger charge is 2.62. The van der Waals surface area contributed by atoms with Crippen molar-refractivity contribution in [2.75, 3.05) is 33.0 Å². The summed E-state index contributed by atoms with van der Waals surface area (Å²) in [7, 11) is 0. The van der Waals surface area contributed by atoms with Crippen molar-refractivity contribution in [2.24, 2.45) is 0 Å². The van der Waals surface area contributed by atoms with E-state index in [1.54, 1.807) is 0 Å². The lowest BCUT2D eigenvalue weighted by atomic mass is 9.94. The molecule has 3 aliphatic rings. The van der Waals surface area contributed by atoms with Gasteiger partial charge in [0.05, 0.1) is 26.4 Å². The fourth-order valence-corrected chi connectivity index (χ4v) is 3.34. The standard InChI is InChI=1S/C13H22O10/c14-1-6-8(17)10(18)12(22-6)4-20-9-7(2-15)23-13(3-16,11(9)19)21-5-12/h6-11,14-19H,1-5H2. The molecule has 0 radical (unpaired) electrons. The van der Waals surface area contributed by atoms with Crippen molar-refractivity contribution in [1.82, 2.24) is 0 Å². The Labute approximate surface area is 131 Å². The molecule has 3 fully saturated rings. The van der Waals surface area contributed by atoms with E-state index in [0.29, 0.717) is 0 Å². The molecule has 1 spiro atoms. The van der Waals surface area contributed by atoms with Gasteiger partial charge in [-0.15, -0.1) is 0 Å². The molecule has 134 valence electrons. The van der Waals surface area contributed by atoms with Crippen LogP contribution in [-0.2, 0) is 18.9 Å². The highest BCUT2D eigenvalue weighted by Crippen LogP contribution is 2.41. The largest absolute Gasteiger partial charge is 0.394 e. The second-order valence-electron chi connectivity index (χ2n) is 6.16. The summed E-state index contributed by atoms with van der Waals surface area (Å²) >= 11 is 0. The maximum absolute atomic E-state index is 10.3. The molecule has 2 bridgehead atoms. The van der Waals surface area contributed by atoms with E-state index in [2.05, 4.69) is 0 Å². The van der Waals surface area contributed by atoms with Crippen LogP contribution in [0.2, 0.25) is 0 Å². The van der Waals surface area contributed by atoms with E-state index in [1.807, 2.05) is 0 Å². The first-order chi connectivity index (χ1) is 10.9. The van der Waals surface area contributed by atoms with E-state index in [9.17, 15) is 30.6 Å². The molecular weight excluding hydrogens is 316 g/mol. The fraction of sp³-hybridized carbons (Fsp3) is 1.00. The number of ether oxygens (including phenoxy) is 4. The van der Waals surface area contributed by atoms with Crippen molar-refractivity contribution in [3.05, 3.63) is 0 Å². The zero-order chi connectivity index (χ0) is 16.8. The van der Waals surface area contributed by atoms with Crippen LogP contribution in [0.4, 0.5) is 0 Å². The van der Waals surface area contributed by atoms with Crippen molar-refractivity contribution in [3.8, 4) is 0 Å². The summed E-state index contributed by atoms with van der Waals surface area (Å²) in [5, 5.41) is 58.6. The van der Waals surface area contributed by atoms with Gasteiger partial charge in [-0.05, 0) is 0 Å². The molecule has 10 nitrogen and oxygen atoms in total. The first-order valence-corrected chi connectivity index (χ1v) is 7.41. The van der Waals surface area contributed by atoms with E-state index in [1.165, 1.54) is 0 Å². The third-order valence-electron chi connectivity index (χ3n) is 4.77. The van der Waals surface area contributed by atoms with E-state index in [4.69, 9.17) is 18.9 Å². The second-order valence-corrected chi connectivity index (χ2v) is 6.16. The quantitative estimate of drug-likeness (QED) is 0.297. The smallest absolute Gasteiger partial charge is 0.221 e. The van der Waals surface area contributed by atoms with Crippen LogP contribution in [0.25, 0.3) is 0 Å². The SMILES string of the molecule is OCC1OC2(COC3C(CO)OC(CO)(OC2)C3O)C(O)C1O. The monoisotopic (exact) mass is 338 g/mol. The average molecular weight is 338 g/mol. The topological polar surface area (TPSA) is 158 Å². The normalized spacial score (nSPS) is 53.5. The number of aliphatic hydroxyl groups excluding tert-OH is 6. The molecule has 0 aliphatic carbocycles. The molecule has 0 aromatic carbocycles. The van der Waals surface area contributed by atoms with Gasteiger partial charge in [0.25, 0.3) is 0 Å². The zero-order valence-electron chi connectivity index (χ0n) is 12.3. The van der Waals surface area contributed by atoms with Crippen molar-refractivity contribution in [1.29, 1.82) is 0 Å². The van der Waals surface area contributed by atoms with E-state index >= 15 is 0 Å². The third kappa shape index (κ3) is 2.50. The minimum absolute atomic E-state index is 0.259. The number of hydrogen-bond acceptors (Lipinski definition) is 10. The van der Waals surface area contributed by atoms with Crippen molar-refractivity contribution >= 4 is 0 Å². The highest BCUT2D eigenvalue weighted by molar-refractivity contribution is 5.06. The van der Waals surface area contributed by atoms with Gasteiger partial charge in [0.1, 0.15) is 48.8 Å². The number of fused-ring (bicyclic) bond motifs is 2. The van der Waals surface area contributed by atoms with E-state index in [0.717, 1.165) is 0 Å². The summed E-state index contributed by atoms with van der Waals surface area (Å²) in [5.74, 6) is -1.82. The van der Waals surface area contributed by atoms with Gasteiger partial charge in [0.15, 0.2) is 0 Å². The summed E-state index contributed by atoms with van der Waals surface area (Å²) in [6, 6.07) is 0. The Bertz CT molecular complexity index is 435. The summed E-state index contributed by atoms with van der Waals surface area (Å²) in [6.07, 6.45) is -7.04. The Kier molecular flexibility index (Phi) is 4.66. The summed E-state index contributed by atoms with van der Waals surface area (Å²) in [6.45, 7) is -2.30. The van der Waals surface area contributed by atoms with Crippen LogP contribution in [-0.4, -0.2) is 112 Å². The molecule has 3 aliphatic heterocycles. The molecule has 8 atom stereocenters. The molecule has 0 aromatic heterocycles. The van der Waals surface area contributed by atoms with Crippen LogP contribution in [0.15, 0.2) is 0 Å². The van der Waals surface area contributed by atoms with Gasteiger partial charge in [-0.25, -0.2) is 0 Å². The minimum Gasteiger partial charge on any atom is -0.394 e. The van der Waals surface area contributed by atoms with Crippen LogP contribution in [0, 0.1) is 0 Å². The molecule has 6 N–H and O–H groups in total.